The summed E-state index contributed by atoms with van der Waals surface area (Å²) in [5, 5.41) is 8.50. The molecular formula is C13H17NO. The van der Waals surface area contributed by atoms with Crippen LogP contribution in [0.5, 0.6) is 5.75 Å². The summed E-state index contributed by atoms with van der Waals surface area (Å²) in [4.78, 5) is 0. The Kier molecular flexibility index (Phi) is 4.70. The predicted molar refractivity (Wildman–Crippen MR) is 60.8 cm³/mol. The second-order valence-corrected chi connectivity index (χ2v) is 3.68. The van der Waals surface area contributed by atoms with E-state index in [0.717, 1.165) is 18.6 Å². The van der Waals surface area contributed by atoms with Crippen molar-refractivity contribution in [3.05, 3.63) is 29.8 Å². The van der Waals surface area contributed by atoms with Gasteiger partial charge in [0.25, 0.3) is 0 Å². The van der Waals surface area contributed by atoms with Crippen LogP contribution >= 0.6 is 0 Å². The summed E-state index contributed by atoms with van der Waals surface area (Å²) >= 11 is 0. The summed E-state index contributed by atoms with van der Waals surface area (Å²) in [5.41, 5.74) is 1.33. The molecule has 0 radical (unpaired) electrons. The summed E-state index contributed by atoms with van der Waals surface area (Å²) < 4.78 is 5.57. The minimum atomic E-state index is -0.0352. The number of aryl methyl sites for hydroxylation is 1. The summed E-state index contributed by atoms with van der Waals surface area (Å²) in [6, 6.07) is 10.2. The molecule has 0 spiro atoms. The van der Waals surface area contributed by atoms with Gasteiger partial charge in [-0.1, -0.05) is 25.5 Å². The first kappa shape index (κ1) is 11.6. The second kappa shape index (κ2) is 6.08. The lowest BCUT2D eigenvalue weighted by Gasteiger charge is -2.11. The van der Waals surface area contributed by atoms with Gasteiger partial charge in [0.2, 0.25) is 0 Å². The lowest BCUT2D eigenvalue weighted by Crippen LogP contribution is -2.10. The molecule has 0 heterocycles. The first-order chi connectivity index (χ1) is 7.26. The average molecular weight is 203 g/mol. The van der Waals surface area contributed by atoms with Gasteiger partial charge in [0.1, 0.15) is 11.9 Å². The van der Waals surface area contributed by atoms with Crippen molar-refractivity contribution in [2.75, 3.05) is 0 Å². The Morgan fingerprint density at radius 2 is 2.00 bits per heavy atom. The first-order valence-electron chi connectivity index (χ1n) is 5.38. The summed E-state index contributed by atoms with van der Waals surface area (Å²) in [7, 11) is 0. The molecule has 0 amide bonds. The number of benzene rings is 1. The number of nitriles is 1. The third kappa shape index (κ3) is 4.03. The topological polar surface area (TPSA) is 33.0 Å². The van der Waals surface area contributed by atoms with Crippen molar-refractivity contribution < 1.29 is 4.74 Å². The molecule has 0 bridgehead atoms. The van der Waals surface area contributed by atoms with Gasteiger partial charge in [0.15, 0.2) is 0 Å². The Morgan fingerprint density at radius 3 is 2.53 bits per heavy atom. The van der Waals surface area contributed by atoms with Crippen molar-refractivity contribution in [3.63, 3.8) is 0 Å². The van der Waals surface area contributed by atoms with Crippen molar-refractivity contribution >= 4 is 0 Å². The highest BCUT2D eigenvalue weighted by molar-refractivity contribution is 5.27. The van der Waals surface area contributed by atoms with E-state index < -0.39 is 0 Å². The molecule has 1 atom stereocenters. The molecule has 1 aromatic rings. The molecule has 0 aromatic heterocycles. The van der Waals surface area contributed by atoms with E-state index in [4.69, 9.17) is 10.00 Å². The van der Waals surface area contributed by atoms with Crippen molar-refractivity contribution in [2.45, 2.75) is 39.2 Å². The molecule has 2 nitrogen and oxygen atoms in total. The van der Waals surface area contributed by atoms with Crippen LogP contribution in [0.2, 0.25) is 0 Å². The first-order valence-corrected chi connectivity index (χ1v) is 5.38. The molecule has 80 valence electrons. The van der Waals surface area contributed by atoms with Gasteiger partial charge in [0, 0.05) is 0 Å². The van der Waals surface area contributed by atoms with Crippen molar-refractivity contribution in [1.82, 2.24) is 0 Å². The summed E-state index contributed by atoms with van der Waals surface area (Å²) in [5.74, 6) is 0.845. The van der Waals surface area contributed by atoms with E-state index in [2.05, 4.69) is 25.1 Å². The normalized spacial score (nSPS) is 11.8. The van der Waals surface area contributed by atoms with E-state index in [9.17, 15) is 0 Å². The highest BCUT2D eigenvalue weighted by Crippen LogP contribution is 2.15. The minimum absolute atomic E-state index is 0.0352. The van der Waals surface area contributed by atoms with Crippen LogP contribution in [-0.4, -0.2) is 6.10 Å². The van der Waals surface area contributed by atoms with Crippen LogP contribution in [0.15, 0.2) is 24.3 Å². The molecule has 0 saturated heterocycles. The number of nitrogens with zero attached hydrogens (tertiary/aromatic N) is 1. The minimum Gasteiger partial charge on any atom is -0.490 e. The Bertz CT molecular complexity index is 323. The number of ether oxygens (including phenoxy) is 1. The Labute approximate surface area is 91.5 Å². The van der Waals surface area contributed by atoms with Crippen molar-refractivity contribution in [2.24, 2.45) is 0 Å². The summed E-state index contributed by atoms with van der Waals surface area (Å²) in [6.45, 7) is 4.07. The van der Waals surface area contributed by atoms with E-state index in [1.165, 1.54) is 5.56 Å². The quantitative estimate of drug-likeness (QED) is 0.735. The predicted octanol–water partition coefficient (Wildman–Crippen LogP) is 3.32. The summed E-state index contributed by atoms with van der Waals surface area (Å²) in [6.07, 6.45) is 2.66. The second-order valence-electron chi connectivity index (χ2n) is 3.68. The molecule has 1 unspecified atom stereocenters. The average Bonchev–Trinajstić information content (AvgIpc) is 2.22. The van der Waals surface area contributed by atoms with Crippen LogP contribution in [-0.2, 0) is 6.42 Å². The van der Waals surface area contributed by atoms with E-state index in [1.807, 2.05) is 19.1 Å². The van der Waals surface area contributed by atoms with Crippen LogP contribution in [0.3, 0.4) is 0 Å². The third-order valence-electron chi connectivity index (χ3n) is 2.18. The van der Waals surface area contributed by atoms with Crippen molar-refractivity contribution in [3.8, 4) is 11.8 Å². The maximum absolute atomic E-state index is 8.50. The van der Waals surface area contributed by atoms with Crippen LogP contribution in [0.25, 0.3) is 0 Å². The fourth-order valence-corrected chi connectivity index (χ4v) is 1.43. The molecule has 0 aliphatic rings. The standard InChI is InChI=1S/C13H17NO/c1-3-4-12-5-7-13(8-6-12)15-11(2)9-10-14/h5-8,11H,3-4,9H2,1-2H3. The third-order valence-corrected chi connectivity index (χ3v) is 2.18. The van der Waals surface area contributed by atoms with E-state index in [-0.39, 0.29) is 6.10 Å². The molecule has 2 heteroatoms. The molecule has 1 aromatic carbocycles. The van der Waals surface area contributed by atoms with Gasteiger partial charge in [-0.05, 0) is 31.0 Å². The zero-order valence-electron chi connectivity index (χ0n) is 9.36. The van der Waals surface area contributed by atoms with E-state index in [1.54, 1.807) is 0 Å². The molecular weight excluding hydrogens is 186 g/mol. The van der Waals surface area contributed by atoms with Crippen LogP contribution in [0.1, 0.15) is 32.3 Å². The van der Waals surface area contributed by atoms with Gasteiger partial charge >= 0.3 is 0 Å². The highest BCUT2D eigenvalue weighted by Gasteiger charge is 2.02. The SMILES string of the molecule is CCCc1ccc(OC(C)CC#N)cc1. The smallest absolute Gasteiger partial charge is 0.119 e. The van der Waals surface area contributed by atoms with Crippen LogP contribution in [0, 0.1) is 11.3 Å². The molecule has 15 heavy (non-hydrogen) atoms. The van der Waals surface area contributed by atoms with Gasteiger partial charge in [-0.3, -0.25) is 0 Å². The lowest BCUT2D eigenvalue weighted by atomic mass is 10.1. The molecule has 0 aliphatic heterocycles. The molecule has 0 saturated carbocycles. The van der Waals surface area contributed by atoms with Crippen molar-refractivity contribution in [1.29, 1.82) is 5.26 Å². The largest absolute Gasteiger partial charge is 0.490 e. The lowest BCUT2D eigenvalue weighted by molar-refractivity contribution is 0.227. The zero-order valence-corrected chi connectivity index (χ0v) is 9.36. The zero-order chi connectivity index (χ0) is 11.1. The van der Waals surface area contributed by atoms with Gasteiger partial charge < -0.3 is 4.74 Å². The molecule has 0 N–H and O–H groups in total. The van der Waals surface area contributed by atoms with Gasteiger partial charge in [-0.2, -0.15) is 5.26 Å². The van der Waals surface area contributed by atoms with Gasteiger partial charge in [-0.25, -0.2) is 0 Å². The monoisotopic (exact) mass is 203 g/mol. The van der Waals surface area contributed by atoms with Crippen LogP contribution < -0.4 is 4.74 Å². The molecule has 0 fully saturated rings. The van der Waals surface area contributed by atoms with Crippen LogP contribution in [0.4, 0.5) is 0 Å². The number of hydrogen-bond donors (Lipinski definition) is 0. The Morgan fingerprint density at radius 1 is 1.33 bits per heavy atom. The maximum atomic E-state index is 8.50. The van der Waals surface area contributed by atoms with E-state index in [0.29, 0.717) is 6.42 Å². The molecule has 1 rings (SSSR count). The Balaban J connectivity index is 2.53. The number of hydrogen-bond acceptors (Lipinski definition) is 2. The van der Waals surface area contributed by atoms with Gasteiger partial charge in [-0.15, -0.1) is 0 Å². The molecule has 0 aliphatic carbocycles. The van der Waals surface area contributed by atoms with E-state index >= 15 is 0 Å². The Hall–Kier alpha value is -1.49. The number of rotatable bonds is 5. The fraction of sp³-hybridized carbons (Fsp3) is 0.462. The van der Waals surface area contributed by atoms with Gasteiger partial charge in [0.05, 0.1) is 12.5 Å². The maximum Gasteiger partial charge on any atom is 0.119 e. The fourth-order valence-electron chi connectivity index (χ4n) is 1.43. The highest BCUT2D eigenvalue weighted by atomic mass is 16.5.